The highest BCUT2D eigenvalue weighted by Crippen LogP contribution is 2.17. The van der Waals surface area contributed by atoms with Crippen molar-refractivity contribution in [2.75, 3.05) is 13.1 Å². The topological polar surface area (TPSA) is 50.2 Å². The summed E-state index contributed by atoms with van der Waals surface area (Å²) in [5.41, 5.74) is 1.42. The first-order chi connectivity index (χ1) is 12.0. The Morgan fingerprint density at radius 2 is 2.12 bits per heavy atom. The highest BCUT2D eigenvalue weighted by Gasteiger charge is 2.23. The zero-order chi connectivity index (χ0) is 17.8. The Hall–Kier alpha value is -2.21. The molecule has 0 unspecified atom stereocenters. The lowest BCUT2D eigenvalue weighted by atomic mass is 10.0. The normalized spacial score (nSPS) is 15.8. The molecule has 1 saturated heterocycles. The fourth-order valence-electron chi connectivity index (χ4n) is 3.20. The third-order valence-electron chi connectivity index (χ3n) is 4.69. The van der Waals surface area contributed by atoms with Gasteiger partial charge in [0.1, 0.15) is 5.82 Å². The average molecular weight is 344 g/mol. The highest BCUT2D eigenvalue weighted by atomic mass is 19.1. The number of piperidine rings is 1. The third kappa shape index (κ3) is 4.25. The van der Waals surface area contributed by atoms with Crippen LogP contribution in [0.2, 0.25) is 0 Å². The number of amides is 1. The van der Waals surface area contributed by atoms with Gasteiger partial charge in [0.15, 0.2) is 0 Å². The molecular weight excluding hydrogens is 319 g/mol. The maximum atomic E-state index is 14.3. The molecule has 0 bridgehead atoms. The monoisotopic (exact) mass is 344 g/mol. The number of likely N-dealkylation sites (tertiary alicyclic amines) is 1. The SMILES string of the molecule is CC(C)C(=O)N1CCC(NCc2ccc(-n3ccnc3)c(F)c2)CC1. The van der Waals surface area contributed by atoms with Crippen molar-refractivity contribution in [3.05, 3.63) is 48.3 Å². The van der Waals surface area contributed by atoms with Crippen molar-refractivity contribution in [3.8, 4) is 5.69 Å². The van der Waals surface area contributed by atoms with Crippen molar-refractivity contribution in [1.82, 2.24) is 19.8 Å². The molecule has 0 atom stereocenters. The van der Waals surface area contributed by atoms with Gasteiger partial charge < -0.3 is 14.8 Å². The lowest BCUT2D eigenvalue weighted by molar-refractivity contribution is -0.135. The van der Waals surface area contributed by atoms with Crippen LogP contribution in [0.5, 0.6) is 0 Å². The Morgan fingerprint density at radius 1 is 1.36 bits per heavy atom. The minimum atomic E-state index is -0.255. The molecule has 1 aliphatic heterocycles. The van der Waals surface area contributed by atoms with E-state index in [0.717, 1.165) is 31.5 Å². The van der Waals surface area contributed by atoms with Crippen LogP contribution in [0.25, 0.3) is 5.69 Å². The number of carbonyl (C=O) groups is 1. The van der Waals surface area contributed by atoms with E-state index in [9.17, 15) is 9.18 Å². The number of hydrogen-bond acceptors (Lipinski definition) is 3. The zero-order valence-electron chi connectivity index (χ0n) is 14.8. The third-order valence-corrected chi connectivity index (χ3v) is 4.69. The minimum Gasteiger partial charge on any atom is -0.342 e. The van der Waals surface area contributed by atoms with E-state index in [1.807, 2.05) is 24.8 Å². The average Bonchev–Trinajstić information content (AvgIpc) is 3.14. The zero-order valence-corrected chi connectivity index (χ0v) is 14.8. The van der Waals surface area contributed by atoms with Gasteiger partial charge >= 0.3 is 0 Å². The van der Waals surface area contributed by atoms with Gasteiger partial charge in [-0.1, -0.05) is 19.9 Å². The highest BCUT2D eigenvalue weighted by molar-refractivity contribution is 5.78. The van der Waals surface area contributed by atoms with E-state index in [0.29, 0.717) is 18.3 Å². The van der Waals surface area contributed by atoms with Crippen LogP contribution in [0.15, 0.2) is 36.9 Å². The van der Waals surface area contributed by atoms with Gasteiger partial charge in [0.05, 0.1) is 12.0 Å². The van der Waals surface area contributed by atoms with Crippen molar-refractivity contribution < 1.29 is 9.18 Å². The lowest BCUT2D eigenvalue weighted by Crippen LogP contribution is -2.45. The molecule has 1 amide bonds. The van der Waals surface area contributed by atoms with Gasteiger partial charge in [-0.2, -0.15) is 0 Å². The molecule has 25 heavy (non-hydrogen) atoms. The van der Waals surface area contributed by atoms with Crippen LogP contribution >= 0.6 is 0 Å². The number of imidazole rings is 1. The van der Waals surface area contributed by atoms with Crippen LogP contribution in [-0.4, -0.2) is 39.5 Å². The Morgan fingerprint density at radius 3 is 2.72 bits per heavy atom. The molecule has 2 heterocycles. The first-order valence-electron chi connectivity index (χ1n) is 8.83. The second-order valence-electron chi connectivity index (χ2n) is 6.89. The smallest absolute Gasteiger partial charge is 0.225 e. The summed E-state index contributed by atoms with van der Waals surface area (Å²) in [5, 5.41) is 3.48. The Balaban J connectivity index is 1.51. The van der Waals surface area contributed by atoms with Gasteiger partial charge in [0.2, 0.25) is 5.91 Å². The molecular formula is C19H25FN4O. The Labute approximate surface area is 147 Å². The molecule has 1 N–H and O–H groups in total. The molecule has 3 rings (SSSR count). The van der Waals surface area contributed by atoms with Crippen LogP contribution < -0.4 is 5.32 Å². The minimum absolute atomic E-state index is 0.0569. The molecule has 6 heteroatoms. The van der Waals surface area contributed by atoms with Crippen molar-refractivity contribution in [2.45, 2.75) is 39.3 Å². The van der Waals surface area contributed by atoms with Gasteiger partial charge in [-0.05, 0) is 30.5 Å². The molecule has 0 saturated carbocycles. The van der Waals surface area contributed by atoms with Gasteiger partial charge in [-0.3, -0.25) is 4.79 Å². The van der Waals surface area contributed by atoms with E-state index < -0.39 is 0 Å². The van der Waals surface area contributed by atoms with Gasteiger partial charge in [-0.25, -0.2) is 9.37 Å². The fraction of sp³-hybridized carbons (Fsp3) is 0.474. The van der Waals surface area contributed by atoms with Crippen LogP contribution in [0.4, 0.5) is 4.39 Å². The largest absolute Gasteiger partial charge is 0.342 e. The van der Waals surface area contributed by atoms with Crippen LogP contribution in [0, 0.1) is 11.7 Å². The van der Waals surface area contributed by atoms with Crippen molar-refractivity contribution >= 4 is 5.91 Å². The molecule has 1 aromatic carbocycles. The van der Waals surface area contributed by atoms with E-state index in [4.69, 9.17) is 0 Å². The second-order valence-corrected chi connectivity index (χ2v) is 6.89. The maximum absolute atomic E-state index is 14.3. The summed E-state index contributed by atoms with van der Waals surface area (Å²) in [4.78, 5) is 17.9. The molecule has 1 fully saturated rings. The van der Waals surface area contributed by atoms with E-state index in [2.05, 4.69) is 10.3 Å². The van der Waals surface area contributed by atoms with Crippen LogP contribution in [-0.2, 0) is 11.3 Å². The summed E-state index contributed by atoms with van der Waals surface area (Å²) in [7, 11) is 0. The molecule has 1 aliphatic rings. The van der Waals surface area contributed by atoms with E-state index in [1.165, 1.54) is 0 Å². The molecule has 0 spiro atoms. The molecule has 1 aromatic heterocycles. The van der Waals surface area contributed by atoms with Crippen LogP contribution in [0.1, 0.15) is 32.3 Å². The maximum Gasteiger partial charge on any atom is 0.225 e. The van der Waals surface area contributed by atoms with Gasteiger partial charge in [0, 0.05) is 44.0 Å². The second kappa shape index (κ2) is 7.78. The number of carbonyl (C=O) groups excluding carboxylic acids is 1. The summed E-state index contributed by atoms with van der Waals surface area (Å²) in [6, 6.07) is 5.65. The molecule has 134 valence electrons. The standard InChI is InChI=1S/C19H25FN4O/c1-14(2)19(25)23-8-5-16(6-9-23)22-12-15-3-4-18(17(20)11-15)24-10-7-21-13-24/h3-4,7,10-11,13-14,16,22H,5-6,8-9,12H2,1-2H3. The molecule has 0 radical (unpaired) electrons. The predicted octanol–water partition coefficient (Wildman–Crippen LogP) is 2.75. The molecule has 5 nitrogen and oxygen atoms in total. The lowest BCUT2D eigenvalue weighted by Gasteiger charge is -2.33. The first kappa shape index (κ1) is 17.6. The van der Waals surface area contributed by atoms with Crippen molar-refractivity contribution in [1.29, 1.82) is 0 Å². The van der Waals surface area contributed by atoms with E-state index >= 15 is 0 Å². The Kier molecular flexibility index (Phi) is 5.48. The summed E-state index contributed by atoms with van der Waals surface area (Å²) >= 11 is 0. The first-order valence-corrected chi connectivity index (χ1v) is 8.83. The van der Waals surface area contributed by atoms with Crippen molar-refractivity contribution in [3.63, 3.8) is 0 Å². The Bertz CT molecular complexity index is 706. The van der Waals surface area contributed by atoms with E-state index in [-0.39, 0.29) is 17.6 Å². The predicted molar refractivity (Wildman–Crippen MR) is 94.8 cm³/mol. The number of nitrogens with one attached hydrogen (secondary N) is 1. The summed E-state index contributed by atoms with van der Waals surface area (Å²) in [5.74, 6) is 0.0340. The number of nitrogens with zero attached hydrogens (tertiary/aromatic N) is 3. The van der Waals surface area contributed by atoms with Crippen LogP contribution in [0.3, 0.4) is 0 Å². The van der Waals surface area contributed by atoms with E-state index in [1.54, 1.807) is 35.4 Å². The number of rotatable bonds is 5. The molecule has 2 aromatic rings. The number of hydrogen-bond donors (Lipinski definition) is 1. The number of halogens is 1. The van der Waals surface area contributed by atoms with Gasteiger partial charge in [-0.15, -0.1) is 0 Å². The fourth-order valence-corrected chi connectivity index (χ4v) is 3.20. The summed E-state index contributed by atoms with van der Waals surface area (Å²) < 4.78 is 15.9. The number of aromatic nitrogens is 2. The summed E-state index contributed by atoms with van der Waals surface area (Å²) in [6.45, 7) is 6.10. The van der Waals surface area contributed by atoms with Crippen molar-refractivity contribution in [2.24, 2.45) is 5.92 Å². The molecule has 0 aliphatic carbocycles. The number of benzene rings is 1. The quantitative estimate of drug-likeness (QED) is 0.907. The van der Waals surface area contributed by atoms with Gasteiger partial charge in [0.25, 0.3) is 0 Å². The summed E-state index contributed by atoms with van der Waals surface area (Å²) in [6.07, 6.45) is 6.82.